The maximum atomic E-state index is 12.6. The molecule has 0 radical (unpaired) electrons. The summed E-state index contributed by atoms with van der Waals surface area (Å²) < 4.78 is 10.6. The Morgan fingerprint density at radius 3 is 2.62 bits per heavy atom. The molecule has 0 spiro atoms. The number of methoxy groups -OCH3 is 1. The van der Waals surface area contributed by atoms with Gasteiger partial charge in [-0.2, -0.15) is 0 Å². The number of carbonyl (C=O) groups excluding carboxylic acids is 1. The van der Waals surface area contributed by atoms with Gasteiger partial charge in [0.1, 0.15) is 5.75 Å². The van der Waals surface area contributed by atoms with Gasteiger partial charge in [-0.15, -0.1) is 0 Å². The number of aromatic nitrogens is 1. The van der Waals surface area contributed by atoms with Gasteiger partial charge in [0.05, 0.1) is 13.2 Å². The third-order valence-electron chi connectivity index (χ3n) is 5.20. The number of hydrogen-bond acceptors (Lipinski definition) is 3. The van der Waals surface area contributed by atoms with Gasteiger partial charge in [0.25, 0.3) is 0 Å². The number of nitrogens with one attached hydrogen (secondary N) is 2. The zero-order valence-corrected chi connectivity index (χ0v) is 17.5. The molecule has 0 fully saturated rings. The van der Waals surface area contributed by atoms with Crippen molar-refractivity contribution in [3.05, 3.63) is 65.4 Å². The molecule has 5 heteroatoms. The molecule has 1 amide bonds. The van der Waals surface area contributed by atoms with E-state index in [2.05, 4.69) is 47.6 Å². The lowest BCUT2D eigenvalue weighted by Crippen LogP contribution is -2.28. The quantitative estimate of drug-likeness (QED) is 0.501. The zero-order valence-electron chi connectivity index (χ0n) is 17.5. The molecular weight excluding hydrogens is 364 g/mol. The highest BCUT2D eigenvalue weighted by Crippen LogP contribution is 2.35. The van der Waals surface area contributed by atoms with Crippen molar-refractivity contribution in [1.82, 2.24) is 10.3 Å². The second-order valence-corrected chi connectivity index (χ2v) is 7.04. The highest BCUT2D eigenvalue weighted by molar-refractivity contribution is 5.88. The summed E-state index contributed by atoms with van der Waals surface area (Å²) in [6, 6.07) is 14.4. The van der Waals surface area contributed by atoms with Crippen molar-refractivity contribution in [1.29, 1.82) is 0 Å². The first-order valence-electron chi connectivity index (χ1n) is 10.2. The molecule has 3 rings (SSSR count). The van der Waals surface area contributed by atoms with E-state index in [1.807, 2.05) is 25.3 Å². The zero-order chi connectivity index (χ0) is 20.6. The summed E-state index contributed by atoms with van der Waals surface area (Å²) in [5.41, 5.74) is 4.67. The second-order valence-electron chi connectivity index (χ2n) is 7.04. The molecule has 0 aliphatic heterocycles. The second kappa shape index (κ2) is 10.1. The van der Waals surface area contributed by atoms with Crippen LogP contribution in [0.5, 0.6) is 5.75 Å². The van der Waals surface area contributed by atoms with Crippen LogP contribution in [0.2, 0.25) is 0 Å². The number of ether oxygens (including phenoxy) is 2. The number of fused-ring (bicyclic) bond motifs is 1. The van der Waals surface area contributed by atoms with Crippen LogP contribution in [-0.4, -0.2) is 37.8 Å². The first-order chi connectivity index (χ1) is 14.2. The predicted molar refractivity (Wildman–Crippen MR) is 117 cm³/mol. The van der Waals surface area contributed by atoms with Gasteiger partial charge in [-0.1, -0.05) is 37.3 Å². The molecule has 2 N–H and O–H groups in total. The Bertz CT molecular complexity index is 931. The Morgan fingerprint density at radius 2 is 1.93 bits per heavy atom. The maximum absolute atomic E-state index is 12.6. The Labute approximate surface area is 172 Å². The molecule has 154 valence electrons. The number of aromatic amines is 1. The molecule has 0 unspecified atom stereocenters. The number of H-pyrrole nitrogens is 1. The standard InChI is InChI=1S/C24H30N2O3/c1-4-17-7-6-8-20-22(16-26-24(17)20)21(15-23(27)25-13-14-28-3)18-9-11-19(12-10-18)29-5-2/h6-12,16,21,26H,4-5,13-15H2,1-3H3,(H,25,27)/t21-/m0/s1. The maximum Gasteiger partial charge on any atom is 0.221 e. The number of carbonyl (C=O) groups is 1. The Balaban J connectivity index is 1.95. The summed E-state index contributed by atoms with van der Waals surface area (Å²) in [4.78, 5) is 16.1. The van der Waals surface area contributed by atoms with E-state index in [4.69, 9.17) is 9.47 Å². The molecule has 0 saturated carbocycles. The predicted octanol–water partition coefficient (Wildman–Crippen LogP) is 4.41. The van der Waals surface area contributed by atoms with Crippen LogP contribution in [0, 0.1) is 0 Å². The molecule has 0 aliphatic carbocycles. The van der Waals surface area contributed by atoms with Gasteiger partial charge >= 0.3 is 0 Å². The van der Waals surface area contributed by atoms with Gasteiger partial charge in [0.15, 0.2) is 0 Å². The lowest BCUT2D eigenvalue weighted by Gasteiger charge is -2.18. The van der Waals surface area contributed by atoms with E-state index in [0.29, 0.717) is 26.2 Å². The lowest BCUT2D eigenvalue weighted by molar-refractivity contribution is -0.121. The third kappa shape index (κ3) is 4.98. The van der Waals surface area contributed by atoms with Crippen LogP contribution in [0.25, 0.3) is 10.9 Å². The number of benzene rings is 2. The Morgan fingerprint density at radius 1 is 1.14 bits per heavy atom. The fourth-order valence-electron chi connectivity index (χ4n) is 3.74. The van der Waals surface area contributed by atoms with E-state index in [1.54, 1.807) is 7.11 Å². The van der Waals surface area contributed by atoms with E-state index in [1.165, 1.54) is 10.9 Å². The average molecular weight is 395 g/mol. The average Bonchev–Trinajstić information content (AvgIpc) is 3.17. The van der Waals surface area contributed by atoms with Crippen molar-refractivity contribution in [3.63, 3.8) is 0 Å². The van der Waals surface area contributed by atoms with Gasteiger partial charge < -0.3 is 19.8 Å². The van der Waals surface area contributed by atoms with Crippen LogP contribution in [0.1, 0.15) is 42.9 Å². The number of para-hydroxylation sites is 1. The molecule has 5 nitrogen and oxygen atoms in total. The summed E-state index contributed by atoms with van der Waals surface area (Å²) in [5, 5.41) is 4.12. The van der Waals surface area contributed by atoms with E-state index < -0.39 is 0 Å². The van der Waals surface area contributed by atoms with Gasteiger partial charge in [-0.25, -0.2) is 0 Å². The number of hydrogen-bond donors (Lipinski definition) is 2. The molecule has 1 aromatic heterocycles. The third-order valence-corrected chi connectivity index (χ3v) is 5.20. The number of aryl methyl sites for hydroxylation is 1. The first kappa shape index (κ1) is 20.9. The molecule has 29 heavy (non-hydrogen) atoms. The summed E-state index contributed by atoms with van der Waals surface area (Å²) >= 11 is 0. The van der Waals surface area contributed by atoms with Gasteiger partial charge in [-0.05, 0) is 42.2 Å². The topological polar surface area (TPSA) is 63.4 Å². The van der Waals surface area contributed by atoms with Crippen LogP contribution in [-0.2, 0) is 16.0 Å². The molecule has 2 aromatic carbocycles. The van der Waals surface area contributed by atoms with Crippen molar-refractivity contribution in [2.45, 2.75) is 32.6 Å². The first-order valence-corrected chi connectivity index (χ1v) is 10.2. The molecule has 3 aromatic rings. The molecule has 1 heterocycles. The summed E-state index contributed by atoms with van der Waals surface area (Å²) in [6.07, 6.45) is 3.39. The molecule has 0 saturated heterocycles. The molecular formula is C24H30N2O3. The Kier molecular flexibility index (Phi) is 7.30. The SMILES string of the molecule is CCOc1ccc([C@H](CC(=O)NCCOC)c2c[nH]c3c(CC)cccc23)cc1. The van der Waals surface area contributed by atoms with E-state index >= 15 is 0 Å². The van der Waals surface area contributed by atoms with Gasteiger partial charge in [0, 0.05) is 43.1 Å². The minimum absolute atomic E-state index is 0.0157. The van der Waals surface area contributed by atoms with E-state index in [-0.39, 0.29) is 11.8 Å². The number of rotatable bonds is 10. The van der Waals surface area contributed by atoms with Gasteiger partial charge in [-0.3, -0.25) is 4.79 Å². The van der Waals surface area contributed by atoms with Crippen molar-refractivity contribution in [2.75, 3.05) is 26.9 Å². The lowest BCUT2D eigenvalue weighted by atomic mass is 9.87. The summed E-state index contributed by atoms with van der Waals surface area (Å²) in [6.45, 7) is 5.78. The summed E-state index contributed by atoms with van der Waals surface area (Å²) in [7, 11) is 1.63. The van der Waals surface area contributed by atoms with E-state index in [0.717, 1.165) is 28.8 Å². The fourth-order valence-corrected chi connectivity index (χ4v) is 3.74. The van der Waals surface area contributed by atoms with Crippen LogP contribution in [0.3, 0.4) is 0 Å². The van der Waals surface area contributed by atoms with Crippen LogP contribution in [0.4, 0.5) is 0 Å². The largest absolute Gasteiger partial charge is 0.494 e. The normalized spacial score (nSPS) is 12.1. The van der Waals surface area contributed by atoms with Crippen molar-refractivity contribution in [2.24, 2.45) is 0 Å². The van der Waals surface area contributed by atoms with E-state index in [9.17, 15) is 4.79 Å². The highest BCUT2D eigenvalue weighted by atomic mass is 16.5. The molecule has 1 atom stereocenters. The van der Waals surface area contributed by atoms with Gasteiger partial charge in [0.2, 0.25) is 5.91 Å². The van der Waals surface area contributed by atoms with Crippen LogP contribution < -0.4 is 10.1 Å². The molecule has 0 bridgehead atoms. The molecule has 0 aliphatic rings. The number of amides is 1. The van der Waals surface area contributed by atoms with Crippen LogP contribution in [0.15, 0.2) is 48.7 Å². The minimum atomic E-state index is -0.0472. The summed E-state index contributed by atoms with van der Waals surface area (Å²) in [5.74, 6) is 0.808. The monoisotopic (exact) mass is 394 g/mol. The highest BCUT2D eigenvalue weighted by Gasteiger charge is 2.22. The van der Waals surface area contributed by atoms with Crippen molar-refractivity contribution < 1.29 is 14.3 Å². The Hall–Kier alpha value is -2.79. The smallest absolute Gasteiger partial charge is 0.221 e. The minimum Gasteiger partial charge on any atom is -0.494 e. The van der Waals surface area contributed by atoms with Crippen molar-refractivity contribution >= 4 is 16.8 Å². The fraction of sp³-hybridized carbons (Fsp3) is 0.375. The van der Waals surface area contributed by atoms with Crippen LogP contribution >= 0.6 is 0 Å². The van der Waals surface area contributed by atoms with Crippen molar-refractivity contribution in [3.8, 4) is 5.75 Å².